The second-order valence-electron chi connectivity index (χ2n) is 7.34. The van der Waals surface area contributed by atoms with Crippen molar-refractivity contribution in [3.8, 4) is 11.5 Å². The third-order valence-electron chi connectivity index (χ3n) is 5.08. The van der Waals surface area contributed by atoms with Gasteiger partial charge in [0.25, 0.3) is 0 Å². The Kier molecular flexibility index (Phi) is 8.71. The fourth-order valence-electron chi connectivity index (χ4n) is 3.39. The number of carbonyl (C=O) groups is 2. The number of carbonyl (C=O) groups excluding carboxylic acids is 2. The summed E-state index contributed by atoms with van der Waals surface area (Å²) in [5, 5.41) is 9.82. The summed E-state index contributed by atoms with van der Waals surface area (Å²) in [5.74, 6) is 0.787. The Morgan fingerprint density at radius 1 is 1.35 bits per heavy atom. The molecule has 0 radical (unpaired) electrons. The van der Waals surface area contributed by atoms with Gasteiger partial charge in [-0.25, -0.2) is 9.78 Å². The summed E-state index contributed by atoms with van der Waals surface area (Å²) in [6, 6.07) is -0.164. The van der Waals surface area contributed by atoms with Crippen LogP contribution in [0.3, 0.4) is 0 Å². The number of ether oxygens (including phenoxy) is 1. The highest BCUT2D eigenvalue weighted by atomic mass is 16.5. The van der Waals surface area contributed by atoms with E-state index in [2.05, 4.69) is 30.7 Å². The summed E-state index contributed by atoms with van der Waals surface area (Å²) < 4.78 is 10.5. The zero-order valence-electron chi connectivity index (χ0n) is 17.7. The van der Waals surface area contributed by atoms with Crippen LogP contribution < -0.4 is 10.6 Å². The molecule has 1 aliphatic heterocycles. The summed E-state index contributed by atoms with van der Waals surface area (Å²) >= 11 is 0. The summed E-state index contributed by atoms with van der Waals surface area (Å²) in [7, 11) is 1.63. The average Bonchev–Trinajstić information content (AvgIpc) is 3.27. The lowest BCUT2D eigenvalue weighted by Gasteiger charge is -2.23. The van der Waals surface area contributed by atoms with E-state index in [-0.39, 0.29) is 24.3 Å². The van der Waals surface area contributed by atoms with Crippen molar-refractivity contribution in [2.75, 3.05) is 39.9 Å². The van der Waals surface area contributed by atoms with Gasteiger partial charge in [-0.3, -0.25) is 9.78 Å². The van der Waals surface area contributed by atoms with E-state index in [4.69, 9.17) is 9.26 Å². The van der Waals surface area contributed by atoms with Crippen LogP contribution in [0.25, 0.3) is 11.5 Å². The van der Waals surface area contributed by atoms with Crippen LogP contribution in [0, 0.1) is 0 Å². The molecular weight excluding hydrogens is 402 g/mol. The van der Waals surface area contributed by atoms with E-state index < -0.39 is 0 Å². The van der Waals surface area contributed by atoms with E-state index in [1.165, 1.54) is 0 Å². The van der Waals surface area contributed by atoms with Gasteiger partial charge in [-0.15, -0.1) is 0 Å². The van der Waals surface area contributed by atoms with Crippen LogP contribution in [0.2, 0.25) is 0 Å². The van der Waals surface area contributed by atoms with Gasteiger partial charge in [0, 0.05) is 64.6 Å². The van der Waals surface area contributed by atoms with Crippen molar-refractivity contribution in [3.63, 3.8) is 0 Å². The molecule has 11 heteroatoms. The van der Waals surface area contributed by atoms with Gasteiger partial charge in [0.05, 0.1) is 6.20 Å². The Morgan fingerprint density at radius 2 is 2.26 bits per heavy atom. The van der Waals surface area contributed by atoms with E-state index >= 15 is 0 Å². The van der Waals surface area contributed by atoms with Gasteiger partial charge in [0.15, 0.2) is 0 Å². The number of urea groups is 1. The fraction of sp³-hybridized carbons (Fsp3) is 0.600. The maximum Gasteiger partial charge on any atom is 0.317 e. The number of methoxy groups -OCH3 is 1. The lowest BCUT2D eigenvalue weighted by Crippen LogP contribution is -2.42. The molecule has 0 spiro atoms. The monoisotopic (exact) mass is 431 g/mol. The number of nitrogens with zero attached hydrogens (tertiary/aromatic N) is 5. The molecule has 1 aliphatic rings. The molecule has 1 fully saturated rings. The Hall–Kier alpha value is -3.08. The van der Waals surface area contributed by atoms with Gasteiger partial charge in [-0.1, -0.05) is 5.16 Å². The van der Waals surface area contributed by atoms with Gasteiger partial charge in [-0.2, -0.15) is 4.98 Å². The Labute approximate surface area is 181 Å². The molecule has 168 valence electrons. The zero-order chi connectivity index (χ0) is 21.9. The highest BCUT2D eigenvalue weighted by Crippen LogP contribution is 2.25. The number of hydrogen-bond acceptors (Lipinski definition) is 8. The van der Waals surface area contributed by atoms with E-state index in [0.29, 0.717) is 56.6 Å². The zero-order valence-corrected chi connectivity index (χ0v) is 17.7. The number of rotatable bonds is 6. The molecule has 1 unspecified atom stereocenters. The maximum absolute atomic E-state index is 12.5. The number of nitrogens with one attached hydrogen (secondary N) is 2. The van der Waals surface area contributed by atoms with Crippen molar-refractivity contribution in [2.24, 2.45) is 0 Å². The minimum atomic E-state index is -0.164. The quantitative estimate of drug-likeness (QED) is 0.654. The molecule has 0 bridgehead atoms. The molecule has 1 saturated heterocycles. The average molecular weight is 431 g/mol. The SMILES string of the molecule is COCCCNC(=O)N1CCCC(c2nc(-c3cnccn3)no2)CCNC(=O)CC1. The minimum absolute atomic E-state index is 0.0251. The molecule has 0 aliphatic carbocycles. The molecule has 3 heterocycles. The van der Waals surface area contributed by atoms with Crippen LogP contribution in [0.5, 0.6) is 0 Å². The van der Waals surface area contributed by atoms with Gasteiger partial charge in [-0.05, 0) is 25.7 Å². The second-order valence-corrected chi connectivity index (χ2v) is 7.34. The van der Waals surface area contributed by atoms with Crippen LogP contribution in [0.1, 0.15) is 43.9 Å². The molecule has 31 heavy (non-hydrogen) atoms. The first kappa shape index (κ1) is 22.6. The lowest BCUT2D eigenvalue weighted by molar-refractivity contribution is -0.121. The Balaban J connectivity index is 1.62. The van der Waals surface area contributed by atoms with Crippen LogP contribution in [0.15, 0.2) is 23.1 Å². The first-order chi connectivity index (χ1) is 15.2. The largest absolute Gasteiger partial charge is 0.385 e. The van der Waals surface area contributed by atoms with Crippen molar-refractivity contribution in [3.05, 3.63) is 24.5 Å². The highest BCUT2D eigenvalue weighted by Gasteiger charge is 2.23. The number of amides is 3. The van der Waals surface area contributed by atoms with Crippen molar-refractivity contribution >= 4 is 11.9 Å². The van der Waals surface area contributed by atoms with Crippen LogP contribution >= 0.6 is 0 Å². The van der Waals surface area contributed by atoms with Crippen molar-refractivity contribution in [1.82, 2.24) is 35.6 Å². The van der Waals surface area contributed by atoms with Crippen molar-refractivity contribution < 1.29 is 18.8 Å². The standard InChI is InChI=1S/C20H29N7O4/c1-30-13-3-7-24-20(29)27-11-2-4-15(5-8-23-17(28)6-12-27)19-25-18(26-31-19)16-14-21-9-10-22-16/h9-10,14-15H,2-8,11-13H2,1H3,(H,23,28)(H,24,29). The predicted molar refractivity (Wildman–Crippen MR) is 111 cm³/mol. The molecule has 11 nitrogen and oxygen atoms in total. The van der Waals surface area contributed by atoms with Crippen LogP contribution in [0.4, 0.5) is 4.79 Å². The maximum atomic E-state index is 12.5. The van der Waals surface area contributed by atoms with Crippen molar-refractivity contribution in [2.45, 2.75) is 38.0 Å². The Morgan fingerprint density at radius 3 is 3.06 bits per heavy atom. The first-order valence-electron chi connectivity index (χ1n) is 10.6. The molecule has 2 aromatic rings. The summed E-state index contributed by atoms with van der Waals surface area (Å²) in [5.41, 5.74) is 0.541. The summed E-state index contributed by atoms with van der Waals surface area (Å²) in [4.78, 5) is 39.1. The van der Waals surface area contributed by atoms with Gasteiger partial charge >= 0.3 is 6.03 Å². The molecule has 1 atom stereocenters. The second kappa shape index (κ2) is 11.9. The minimum Gasteiger partial charge on any atom is -0.385 e. The Bertz CT molecular complexity index is 830. The first-order valence-corrected chi connectivity index (χ1v) is 10.6. The van der Waals surface area contributed by atoms with E-state index in [1.54, 1.807) is 30.6 Å². The molecule has 0 aromatic carbocycles. The number of aromatic nitrogens is 4. The predicted octanol–water partition coefficient (Wildman–Crippen LogP) is 1.35. The highest BCUT2D eigenvalue weighted by molar-refractivity contribution is 5.78. The van der Waals surface area contributed by atoms with Crippen LogP contribution in [-0.2, 0) is 9.53 Å². The number of hydrogen-bond donors (Lipinski definition) is 2. The fourth-order valence-corrected chi connectivity index (χ4v) is 3.39. The smallest absolute Gasteiger partial charge is 0.317 e. The topological polar surface area (TPSA) is 135 Å². The summed E-state index contributed by atoms with van der Waals surface area (Å²) in [6.07, 6.45) is 7.93. The van der Waals surface area contributed by atoms with E-state index in [0.717, 1.165) is 19.3 Å². The molecule has 3 amide bonds. The normalized spacial score (nSPS) is 18.2. The van der Waals surface area contributed by atoms with E-state index in [9.17, 15) is 9.59 Å². The molecular formula is C20H29N7O4. The molecule has 2 aromatic heterocycles. The van der Waals surface area contributed by atoms with Crippen LogP contribution in [-0.4, -0.2) is 76.8 Å². The van der Waals surface area contributed by atoms with Gasteiger partial charge in [0.1, 0.15) is 5.69 Å². The van der Waals surface area contributed by atoms with Gasteiger partial charge in [0.2, 0.25) is 17.6 Å². The van der Waals surface area contributed by atoms with E-state index in [1.807, 2.05) is 0 Å². The molecule has 2 N–H and O–H groups in total. The molecule has 0 saturated carbocycles. The third kappa shape index (κ3) is 6.99. The summed E-state index contributed by atoms with van der Waals surface area (Å²) in [6.45, 7) is 2.56. The molecule has 3 rings (SSSR count). The lowest BCUT2D eigenvalue weighted by atomic mass is 9.99. The van der Waals surface area contributed by atoms with Crippen molar-refractivity contribution in [1.29, 1.82) is 0 Å². The van der Waals surface area contributed by atoms with Gasteiger partial charge < -0.3 is 24.8 Å². The third-order valence-corrected chi connectivity index (χ3v) is 5.08.